The van der Waals surface area contributed by atoms with Crippen LogP contribution in [0.4, 0.5) is 4.79 Å². The highest BCUT2D eigenvalue weighted by molar-refractivity contribution is 5.78. The Kier molecular flexibility index (Phi) is 14.3. The molecule has 21 heavy (non-hydrogen) atoms. The molecule has 0 aliphatic heterocycles. The maximum Gasteiger partial charge on any atom is 0.340 e. The summed E-state index contributed by atoms with van der Waals surface area (Å²) in [7, 11) is 1.50. The molecule has 0 heterocycles. The SMILES string of the molecule is C=NC(=O)NC.CC.CCN(C=O)Cc1ccc(C)cc1. The molecule has 0 spiro atoms. The Morgan fingerprint density at radius 3 is 2.14 bits per heavy atom. The summed E-state index contributed by atoms with van der Waals surface area (Å²) in [5.74, 6) is 0. The first kappa shape index (κ1) is 21.1. The van der Waals surface area contributed by atoms with E-state index in [1.807, 2.05) is 20.8 Å². The predicted octanol–water partition coefficient (Wildman–Crippen LogP) is 3.03. The van der Waals surface area contributed by atoms with E-state index in [-0.39, 0.29) is 0 Å². The molecule has 0 saturated heterocycles. The number of benzene rings is 1. The zero-order chi connectivity index (χ0) is 16.7. The van der Waals surface area contributed by atoms with Gasteiger partial charge in [-0.25, -0.2) is 9.79 Å². The zero-order valence-electron chi connectivity index (χ0n) is 13.7. The zero-order valence-corrected chi connectivity index (χ0v) is 13.7. The summed E-state index contributed by atoms with van der Waals surface area (Å²) in [5.41, 5.74) is 2.43. The second-order valence-electron chi connectivity index (χ2n) is 3.87. The van der Waals surface area contributed by atoms with Crippen molar-refractivity contribution < 1.29 is 9.59 Å². The highest BCUT2D eigenvalue weighted by Gasteiger charge is 1.98. The van der Waals surface area contributed by atoms with Gasteiger partial charge in [0, 0.05) is 20.1 Å². The van der Waals surface area contributed by atoms with Gasteiger partial charge in [0.15, 0.2) is 0 Å². The normalized spacial score (nSPS) is 8.24. The van der Waals surface area contributed by atoms with E-state index in [9.17, 15) is 9.59 Å². The minimum absolute atomic E-state index is 0.394. The van der Waals surface area contributed by atoms with Gasteiger partial charge in [0.2, 0.25) is 6.41 Å². The summed E-state index contributed by atoms with van der Waals surface area (Å²) in [4.78, 5) is 25.1. The second kappa shape index (κ2) is 14.2. The van der Waals surface area contributed by atoms with Crippen LogP contribution in [0.25, 0.3) is 0 Å². The highest BCUT2D eigenvalue weighted by Crippen LogP contribution is 2.05. The lowest BCUT2D eigenvalue weighted by Gasteiger charge is -2.14. The van der Waals surface area contributed by atoms with Crippen molar-refractivity contribution in [1.82, 2.24) is 10.2 Å². The van der Waals surface area contributed by atoms with E-state index in [4.69, 9.17) is 0 Å². The Morgan fingerprint density at radius 2 is 1.86 bits per heavy atom. The van der Waals surface area contributed by atoms with E-state index >= 15 is 0 Å². The maximum atomic E-state index is 10.5. The molecule has 0 aliphatic carbocycles. The van der Waals surface area contributed by atoms with E-state index in [2.05, 4.69) is 48.2 Å². The fraction of sp³-hybridized carbons (Fsp3) is 0.438. The Morgan fingerprint density at radius 1 is 1.33 bits per heavy atom. The first-order chi connectivity index (χ1) is 10.1. The van der Waals surface area contributed by atoms with Crippen molar-refractivity contribution in [2.45, 2.75) is 34.2 Å². The number of hydrogen-bond acceptors (Lipinski definition) is 2. The van der Waals surface area contributed by atoms with Gasteiger partial charge in [0.05, 0.1) is 0 Å². The maximum absolute atomic E-state index is 10.5. The van der Waals surface area contributed by atoms with Gasteiger partial charge in [-0.15, -0.1) is 0 Å². The minimum atomic E-state index is -0.394. The third-order valence-electron chi connectivity index (χ3n) is 2.42. The summed E-state index contributed by atoms with van der Waals surface area (Å²) < 4.78 is 0. The van der Waals surface area contributed by atoms with Crippen LogP contribution in [-0.4, -0.2) is 37.7 Å². The lowest BCUT2D eigenvalue weighted by molar-refractivity contribution is -0.118. The van der Waals surface area contributed by atoms with Gasteiger partial charge in [-0.05, 0) is 26.1 Å². The van der Waals surface area contributed by atoms with Crippen LogP contribution in [-0.2, 0) is 11.3 Å². The van der Waals surface area contributed by atoms with Crippen molar-refractivity contribution in [3.63, 3.8) is 0 Å². The van der Waals surface area contributed by atoms with Crippen molar-refractivity contribution in [3.8, 4) is 0 Å². The predicted molar refractivity (Wildman–Crippen MR) is 88.7 cm³/mol. The quantitative estimate of drug-likeness (QED) is 0.685. The largest absolute Gasteiger partial charge is 0.341 e. The molecular weight excluding hydrogens is 266 g/mol. The van der Waals surface area contributed by atoms with Crippen molar-refractivity contribution in [2.24, 2.45) is 4.99 Å². The third kappa shape index (κ3) is 11.4. The number of carbonyl (C=O) groups is 2. The smallest absolute Gasteiger partial charge is 0.340 e. The van der Waals surface area contributed by atoms with Gasteiger partial charge < -0.3 is 10.2 Å². The molecule has 5 heteroatoms. The van der Waals surface area contributed by atoms with E-state index in [0.717, 1.165) is 13.0 Å². The van der Waals surface area contributed by atoms with Crippen molar-refractivity contribution in [2.75, 3.05) is 13.6 Å². The van der Waals surface area contributed by atoms with E-state index in [1.54, 1.807) is 4.90 Å². The van der Waals surface area contributed by atoms with E-state index in [0.29, 0.717) is 6.54 Å². The van der Waals surface area contributed by atoms with Gasteiger partial charge in [0.25, 0.3) is 0 Å². The van der Waals surface area contributed by atoms with Crippen molar-refractivity contribution in [3.05, 3.63) is 35.4 Å². The molecule has 1 rings (SSSR count). The average molecular weight is 293 g/mol. The number of aryl methyl sites for hydroxylation is 1. The summed E-state index contributed by atoms with van der Waals surface area (Å²) in [5, 5.41) is 2.25. The molecule has 1 aromatic rings. The molecule has 0 bridgehead atoms. The van der Waals surface area contributed by atoms with Crippen LogP contribution in [0.5, 0.6) is 0 Å². The summed E-state index contributed by atoms with van der Waals surface area (Å²) in [6.07, 6.45) is 0.889. The molecule has 0 unspecified atom stereocenters. The topological polar surface area (TPSA) is 61.8 Å². The Labute approximate surface area is 128 Å². The number of aliphatic imine (C=N–C) groups is 1. The van der Waals surface area contributed by atoms with Gasteiger partial charge in [-0.1, -0.05) is 43.7 Å². The Hall–Kier alpha value is -2.17. The number of rotatable bonds is 4. The number of nitrogens with one attached hydrogen (secondary N) is 1. The Balaban J connectivity index is 0. The molecule has 0 aliphatic rings. The van der Waals surface area contributed by atoms with Gasteiger partial charge in [-0.3, -0.25) is 4.79 Å². The van der Waals surface area contributed by atoms with Crippen LogP contribution in [0.15, 0.2) is 29.3 Å². The average Bonchev–Trinajstić information content (AvgIpc) is 2.56. The summed E-state index contributed by atoms with van der Waals surface area (Å²) in [6, 6.07) is 7.85. The van der Waals surface area contributed by atoms with Gasteiger partial charge in [0.1, 0.15) is 0 Å². The first-order valence-electron chi connectivity index (χ1n) is 7.00. The van der Waals surface area contributed by atoms with Gasteiger partial charge >= 0.3 is 6.03 Å². The molecular formula is C16H27N3O2. The second-order valence-corrected chi connectivity index (χ2v) is 3.87. The molecule has 1 aromatic carbocycles. The van der Waals surface area contributed by atoms with Crippen LogP contribution in [0.3, 0.4) is 0 Å². The molecule has 0 radical (unpaired) electrons. The third-order valence-corrected chi connectivity index (χ3v) is 2.42. The van der Waals surface area contributed by atoms with Gasteiger partial charge in [-0.2, -0.15) is 0 Å². The molecule has 0 atom stereocenters. The molecule has 0 fully saturated rings. The molecule has 0 aromatic heterocycles. The monoisotopic (exact) mass is 293 g/mol. The van der Waals surface area contributed by atoms with Crippen LogP contribution in [0.2, 0.25) is 0 Å². The van der Waals surface area contributed by atoms with E-state index < -0.39 is 6.03 Å². The van der Waals surface area contributed by atoms with Crippen LogP contribution >= 0.6 is 0 Å². The lowest BCUT2D eigenvalue weighted by atomic mass is 10.1. The van der Waals surface area contributed by atoms with Crippen LogP contribution < -0.4 is 5.32 Å². The van der Waals surface area contributed by atoms with E-state index in [1.165, 1.54) is 18.2 Å². The highest BCUT2D eigenvalue weighted by atomic mass is 16.2. The standard InChI is InChI=1S/C11H15NO.C3H6N2O.C2H6/c1-3-12(9-13)8-11-6-4-10(2)5-7-11;1-4-3(6)5-2;1-2/h4-7,9H,3,8H2,1-2H3;1H2,2H3,(H,5,6);1-2H3. The number of carbonyl (C=O) groups excluding carboxylic acids is 2. The molecule has 5 nitrogen and oxygen atoms in total. The van der Waals surface area contributed by atoms with Crippen LogP contribution in [0, 0.1) is 6.92 Å². The lowest BCUT2D eigenvalue weighted by Crippen LogP contribution is -2.20. The van der Waals surface area contributed by atoms with Crippen LogP contribution in [0.1, 0.15) is 31.9 Å². The summed E-state index contributed by atoms with van der Waals surface area (Å²) in [6.45, 7) is 12.5. The number of urea groups is 1. The van der Waals surface area contributed by atoms with Crippen molar-refractivity contribution >= 4 is 19.2 Å². The Bertz CT molecular complexity index is 402. The number of hydrogen-bond donors (Lipinski definition) is 1. The fourth-order valence-corrected chi connectivity index (χ4v) is 1.23. The fourth-order valence-electron chi connectivity index (χ4n) is 1.23. The minimum Gasteiger partial charge on any atom is -0.341 e. The van der Waals surface area contributed by atoms with Crippen molar-refractivity contribution in [1.29, 1.82) is 0 Å². The molecule has 118 valence electrons. The number of amides is 3. The molecule has 3 amide bonds. The number of nitrogens with zero attached hydrogens (tertiary/aromatic N) is 2. The molecule has 1 N–H and O–H groups in total. The molecule has 0 saturated carbocycles. The first-order valence-corrected chi connectivity index (χ1v) is 7.00. The summed E-state index contributed by atoms with van der Waals surface area (Å²) >= 11 is 0.